The molecule has 0 atom stereocenters. The molecule has 0 unspecified atom stereocenters. The first-order chi connectivity index (χ1) is 31.3. The van der Waals surface area contributed by atoms with E-state index in [4.69, 9.17) is 15.0 Å². The van der Waals surface area contributed by atoms with Crippen LogP contribution in [0.2, 0.25) is 0 Å². The summed E-state index contributed by atoms with van der Waals surface area (Å²) in [5, 5.41) is 7.16. The van der Waals surface area contributed by atoms with Crippen molar-refractivity contribution in [2.24, 2.45) is 0 Å². The molecule has 294 valence electrons. The van der Waals surface area contributed by atoms with Crippen LogP contribution in [-0.2, 0) is 0 Å². The summed E-state index contributed by atoms with van der Waals surface area (Å²) in [6.07, 6.45) is 0. The van der Waals surface area contributed by atoms with Gasteiger partial charge in [-0.05, 0) is 71.8 Å². The number of hydrogen-bond acceptors (Lipinski definition) is 3. The van der Waals surface area contributed by atoms with Crippen LogP contribution in [0, 0.1) is 0 Å². The lowest BCUT2D eigenvalue weighted by Crippen LogP contribution is -2.06. The van der Waals surface area contributed by atoms with Gasteiger partial charge < -0.3 is 9.13 Å². The fraction of sp³-hybridized carbons (Fsp3) is 0. The van der Waals surface area contributed by atoms with E-state index in [-0.39, 0.29) is 0 Å². The molecule has 63 heavy (non-hydrogen) atoms. The Bertz CT molecular complexity index is 3830. The molecule has 9 aromatic carbocycles. The van der Waals surface area contributed by atoms with Crippen LogP contribution >= 0.6 is 0 Å². The van der Waals surface area contributed by atoms with Crippen LogP contribution in [0.1, 0.15) is 0 Å². The van der Waals surface area contributed by atoms with E-state index in [2.05, 4.69) is 226 Å². The summed E-state index contributed by atoms with van der Waals surface area (Å²) >= 11 is 0. The van der Waals surface area contributed by atoms with Gasteiger partial charge in [0.25, 0.3) is 0 Å². The highest BCUT2D eigenvalue weighted by Crippen LogP contribution is 2.42. The highest BCUT2D eigenvalue weighted by molar-refractivity contribution is 6.23. The number of fused-ring (bicyclic) bond motifs is 10. The lowest BCUT2D eigenvalue weighted by Gasteiger charge is -2.13. The minimum Gasteiger partial charge on any atom is -0.307 e. The van der Waals surface area contributed by atoms with Gasteiger partial charge in [-0.1, -0.05) is 158 Å². The summed E-state index contributed by atoms with van der Waals surface area (Å²) in [4.78, 5) is 15.7. The standard InChI is InChI=1S/C57H36N6/c1-3-15-37(16-4-1)38-27-29-39(30-28-38)55-58-56(60-57(59-55)63-51-25-13-7-19-43(51)44-20-8-14-26-52(44)63)40-31-33-42(34-32-40)62-50-24-12-10-22-46(50)48-36-35-47-45-21-9-11-23-49(45)61(53(47)54(48)62)41-17-5-2-6-18-41/h1-36H. The van der Waals surface area contributed by atoms with Crippen molar-refractivity contribution in [2.45, 2.75) is 0 Å². The van der Waals surface area contributed by atoms with Gasteiger partial charge >= 0.3 is 0 Å². The van der Waals surface area contributed by atoms with Crippen molar-refractivity contribution in [3.63, 3.8) is 0 Å². The lowest BCUT2D eigenvalue weighted by molar-refractivity contribution is 0.953. The molecule has 0 N–H and O–H groups in total. The fourth-order valence-electron chi connectivity index (χ4n) is 9.68. The van der Waals surface area contributed by atoms with Crippen molar-refractivity contribution in [3.05, 3.63) is 218 Å². The average Bonchev–Trinajstić information content (AvgIpc) is 4.01. The Hall–Kier alpha value is -8.61. The van der Waals surface area contributed by atoms with E-state index in [1.807, 2.05) is 6.07 Å². The zero-order valence-corrected chi connectivity index (χ0v) is 34.0. The maximum absolute atomic E-state index is 5.27. The maximum atomic E-state index is 5.27. The van der Waals surface area contributed by atoms with Gasteiger partial charge in [0.05, 0.1) is 33.1 Å². The van der Waals surface area contributed by atoms with Crippen molar-refractivity contribution in [1.29, 1.82) is 0 Å². The smallest absolute Gasteiger partial charge is 0.238 e. The van der Waals surface area contributed by atoms with Crippen LogP contribution in [0.25, 0.3) is 117 Å². The Morgan fingerprint density at radius 2 is 0.587 bits per heavy atom. The summed E-state index contributed by atoms with van der Waals surface area (Å²) in [6.45, 7) is 0. The van der Waals surface area contributed by atoms with Crippen LogP contribution in [0.4, 0.5) is 0 Å². The molecule has 4 heterocycles. The topological polar surface area (TPSA) is 53.5 Å². The van der Waals surface area contributed by atoms with Crippen molar-refractivity contribution in [3.8, 4) is 51.2 Å². The van der Waals surface area contributed by atoms with Gasteiger partial charge in [0.1, 0.15) is 0 Å². The predicted molar refractivity (Wildman–Crippen MR) is 259 cm³/mol. The van der Waals surface area contributed by atoms with Crippen molar-refractivity contribution < 1.29 is 0 Å². The molecule has 6 nitrogen and oxygen atoms in total. The number of nitrogens with zero attached hydrogens (tertiary/aromatic N) is 6. The molecule has 0 bridgehead atoms. The third kappa shape index (κ3) is 5.48. The molecule has 0 saturated carbocycles. The number of hydrogen-bond donors (Lipinski definition) is 0. The zero-order chi connectivity index (χ0) is 41.4. The van der Waals surface area contributed by atoms with Crippen LogP contribution in [0.3, 0.4) is 0 Å². The Balaban J connectivity index is 1.02. The largest absolute Gasteiger partial charge is 0.307 e. The van der Waals surface area contributed by atoms with Crippen LogP contribution in [-0.4, -0.2) is 28.7 Å². The first-order valence-electron chi connectivity index (χ1n) is 21.3. The number of benzene rings is 9. The van der Waals surface area contributed by atoms with Crippen molar-refractivity contribution in [2.75, 3.05) is 0 Å². The molecule has 13 rings (SSSR count). The Morgan fingerprint density at radius 3 is 1.08 bits per heavy atom. The average molecular weight is 805 g/mol. The van der Waals surface area contributed by atoms with Crippen LogP contribution in [0.15, 0.2) is 218 Å². The van der Waals surface area contributed by atoms with Crippen LogP contribution < -0.4 is 0 Å². The molecule has 0 radical (unpaired) electrons. The van der Waals surface area contributed by atoms with Gasteiger partial charge in [0.2, 0.25) is 5.95 Å². The summed E-state index contributed by atoms with van der Waals surface area (Å²) in [7, 11) is 0. The summed E-state index contributed by atoms with van der Waals surface area (Å²) in [6, 6.07) is 77.3. The third-order valence-corrected chi connectivity index (χ3v) is 12.5. The van der Waals surface area contributed by atoms with E-state index in [9.17, 15) is 0 Å². The Kier molecular flexibility index (Phi) is 7.80. The number of rotatable bonds is 6. The number of aromatic nitrogens is 6. The molecule has 0 spiro atoms. The Morgan fingerprint density at radius 1 is 0.238 bits per heavy atom. The summed E-state index contributed by atoms with van der Waals surface area (Å²) < 4.78 is 7.01. The molecule has 13 aromatic rings. The highest BCUT2D eigenvalue weighted by atomic mass is 15.2. The third-order valence-electron chi connectivity index (χ3n) is 12.5. The van der Waals surface area contributed by atoms with Gasteiger partial charge in [-0.2, -0.15) is 9.97 Å². The van der Waals surface area contributed by atoms with Gasteiger partial charge in [0, 0.05) is 54.8 Å². The van der Waals surface area contributed by atoms with Gasteiger partial charge in [0.15, 0.2) is 11.6 Å². The molecule has 4 aromatic heterocycles. The second-order valence-corrected chi connectivity index (χ2v) is 16.0. The first kappa shape index (κ1) is 35.2. The Labute approximate surface area is 362 Å². The monoisotopic (exact) mass is 804 g/mol. The molecule has 0 amide bonds. The van der Waals surface area contributed by atoms with E-state index in [0.717, 1.165) is 66.5 Å². The SMILES string of the molecule is c1ccc(-c2ccc(-c3nc(-c4ccc(-n5c6ccccc6c6ccc7c8ccccc8n(-c8ccccc8)c7c65)cc4)nc(-n4c5ccccc5c5ccccc54)n3)cc2)cc1. The molecular weight excluding hydrogens is 769 g/mol. The van der Waals surface area contributed by atoms with Crippen molar-refractivity contribution >= 4 is 65.4 Å². The number of para-hydroxylation sites is 5. The maximum Gasteiger partial charge on any atom is 0.238 e. The quantitative estimate of drug-likeness (QED) is 0.168. The second kappa shape index (κ2) is 14.0. The van der Waals surface area contributed by atoms with Gasteiger partial charge in [-0.15, -0.1) is 0 Å². The van der Waals surface area contributed by atoms with Crippen LogP contribution in [0.5, 0.6) is 0 Å². The van der Waals surface area contributed by atoms with E-state index in [1.165, 1.54) is 32.6 Å². The lowest BCUT2D eigenvalue weighted by atomic mass is 10.0. The second-order valence-electron chi connectivity index (χ2n) is 16.0. The molecule has 0 aliphatic heterocycles. The van der Waals surface area contributed by atoms with Crippen molar-refractivity contribution in [1.82, 2.24) is 28.7 Å². The summed E-state index contributed by atoms with van der Waals surface area (Å²) in [5.41, 5.74) is 13.0. The zero-order valence-electron chi connectivity index (χ0n) is 34.0. The molecule has 0 fully saturated rings. The van der Waals surface area contributed by atoms with Gasteiger partial charge in [-0.25, -0.2) is 4.98 Å². The molecule has 6 heteroatoms. The first-order valence-corrected chi connectivity index (χ1v) is 21.3. The molecule has 0 aliphatic carbocycles. The minimum atomic E-state index is 0.571. The van der Waals surface area contributed by atoms with E-state index < -0.39 is 0 Å². The molecule has 0 aliphatic rings. The van der Waals surface area contributed by atoms with E-state index in [1.54, 1.807) is 0 Å². The van der Waals surface area contributed by atoms with E-state index >= 15 is 0 Å². The van der Waals surface area contributed by atoms with E-state index in [0.29, 0.717) is 17.6 Å². The van der Waals surface area contributed by atoms with Gasteiger partial charge in [-0.3, -0.25) is 4.57 Å². The minimum absolute atomic E-state index is 0.571. The normalized spacial score (nSPS) is 11.8. The highest BCUT2D eigenvalue weighted by Gasteiger charge is 2.22. The molecule has 0 saturated heterocycles. The summed E-state index contributed by atoms with van der Waals surface area (Å²) in [5.74, 6) is 1.78. The molecular formula is C57H36N6. The fourth-order valence-corrected chi connectivity index (χ4v) is 9.68. The predicted octanol–water partition coefficient (Wildman–Crippen LogP) is 14.2.